The SMILES string of the molecule is O=C(Cc1ccccc1Cl)NC1CCOc2ccc(F)cc21. The molecule has 0 spiro atoms. The maximum Gasteiger partial charge on any atom is 0.224 e. The molecule has 0 radical (unpaired) electrons. The van der Waals surface area contributed by atoms with E-state index >= 15 is 0 Å². The van der Waals surface area contributed by atoms with Gasteiger partial charge < -0.3 is 10.1 Å². The van der Waals surface area contributed by atoms with Crippen LogP contribution in [0.4, 0.5) is 4.39 Å². The van der Waals surface area contributed by atoms with Gasteiger partial charge in [0.05, 0.1) is 19.1 Å². The molecule has 3 rings (SSSR count). The van der Waals surface area contributed by atoms with Crippen molar-refractivity contribution in [1.82, 2.24) is 5.32 Å². The molecule has 1 aliphatic heterocycles. The van der Waals surface area contributed by atoms with E-state index in [1.54, 1.807) is 12.1 Å². The minimum absolute atomic E-state index is 0.143. The topological polar surface area (TPSA) is 38.3 Å². The van der Waals surface area contributed by atoms with Crippen LogP contribution in [0.15, 0.2) is 42.5 Å². The molecule has 3 nitrogen and oxygen atoms in total. The average molecular weight is 320 g/mol. The fraction of sp³-hybridized carbons (Fsp3) is 0.235. The molecule has 0 fully saturated rings. The predicted molar refractivity (Wildman–Crippen MR) is 82.6 cm³/mol. The molecular formula is C17H15ClFNO2. The number of hydrogen-bond donors (Lipinski definition) is 1. The summed E-state index contributed by atoms with van der Waals surface area (Å²) in [6.45, 7) is 0.496. The quantitative estimate of drug-likeness (QED) is 0.937. The van der Waals surface area contributed by atoms with E-state index in [4.69, 9.17) is 16.3 Å². The zero-order valence-corrected chi connectivity index (χ0v) is 12.6. The highest BCUT2D eigenvalue weighted by Crippen LogP contribution is 2.32. The minimum Gasteiger partial charge on any atom is -0.493 e. The van der Waals surface area contributed by atoms with Gasteiger partial charge in [-0.15, -0.1) is 0 Å². The van der Waals surface area contributed by atoms with Crippen LogP contribution >= 0.6 is 11.6 Å². The number of ether oxygens (including phenoxy) is 1. The second-order valence-corrected chi connectivity index (χ2v) is 5.61. The maximum atomic E-state index is 13.4. The van der Waals surface area contributed by atoms with Crippen LogP contribution in [0.3, 0.4) is 0 Å². The molecule has 1 aliphatic rings. The summed E-state index contributed by atoms with van der Waals surface area (Å²) in [5.41, 5.74) is 1.45. The number of carbonyl (C=O) groups excluding carboxylic acids is 1. The first kappa shape index (κ1) is 14.9. The number of halogens is 2. The second-order valence-electron chi connectivity index (χ2n) is 5.21. The molecule has 0 bridgehead atoms. The summed E-state index contributed by atoms with van der Waals surface area (Å²) in [7, 11) is 0. The fourth-order valence-corrected chi connectivity index (χ4v) is 2.78. The van der Waals surface area contributed by atoms with Crippen LogP contribution in [0.2, 0.25) is 5.02 Å². The Kier molecular flexibility index (Phi) is 4.29. The van der Waals surface area contributed by atoms with E-state index in [2.05, 4.69) is 5.32 Å². The number of amides is 1. The van der Waals surface area contributed by atoms with Gasteiger partial charge in [0, 0.05) is 17.0 Å². The lowest BCUT2D eigenvalue weighted by Gasteiger charge is -2.26. The van der Waals surface area contributed by atoms with Crippen molar-refractivity contribution in [3.05, 3.63) is 64.4 Å². The van der Waals surface area contributed by atoms with Gasteiger partial charge in [-0.3, -0.25) is 4.79 Å². The third-order valence-electron chi connectivity index (χ3n) is 3.66. The molecule has 5 heteroatoms. The third kappa shape index (κ3) is 3.22. The zero-order valence-electron chi connectivity index (χ0n) is 11.8. The molecular weight excluding hydrogens is 305 g/mol. The maximum absolute atomic E-state index is 13.4. The lowest BCUT2D eigenvalue weighted by atomic mass is 10.00. The Balaban J connectivity index is 1.73. The minimum atomic E-state index is -0.338. The predicted octanol–water partition coefficient (Wildman–Crippen LogP) is 3.66. The highest BCUT2D eigenvalue weighted by Gasteiger charge is 2.23. The van der Waals surface area contributed by atoms with Gasteiger partial charge in [-0.2, -0.15) is 0 Å². The molecule has 1 unspecified atom stereocenters. The first-order chi connectivity index (χ1) is 10.6. The van der Waals surface area contributed by atoms with Crippen molar-refractivity contribution >= 4 is 17.5 Å². The molecule has 1 N–H and O–H groups in total. The Bertz CT molecular complexity index is 705. The number of fused-ring (bicyclic) bond motifs is 1. The van der Waals surface area contributed by atoms with Gasteiger partial charge in [-0.05, 0) is 29.8 Å². The van der Waals surface area contributed by atoms with Gasteiger partial charge in [-0.25, -0.2) is 4.39 Å². The van der Waals surface area contributed by atoms with E-state index in [9.17, 15) is 9.18 Å². The van der Waals surface area contributed by atoms with Crippen molar-refractivity contribution in [2.75, 3.05) is 6.61 Å². The van der Waals surface area contributed by atoms with Crippen molar-refractivity contribution in [3.8, 4) is 5.75 Å². The first-order valence-electron chi connectivity index (χ1n) is 7.08. The number of nitrogens with one attached hydrogen (secondary N) is 1. The van der Waals surface area contributed by atoms with Gasteiger partial charge >= 0.3 is 0 Å². The normalized spacial score (nSPS) is 16.5. The number of benzene rings is 2. The van der Waals surface area contributed by atoms with Crippen molar-refractivity contribution in [2.45, 2.75) is 18.9 Å². The van der Waals surface area contributed by atoms with Crippen LogP contribution in [-0.2, 0) is 11.2 Å². The van der Waals surface area contributed by atoms with E-state index in [1.807, 2.05) is 18.2 Å². The highest BCUT2D eigenvalue weighted by atomic mass is 35.5. The van der Waals surface area contributed by atoms with Crippen LogP contribution in [0.25, 0.3) is 0 Å². The highest BCUT2D eigenvalue weighted by molar-refractivity contribution is 6.31. The summed E-state index contributed by atoms with van der Waals surface area (Å²) in [5, 5.41) is 3.50. The lowest BCUT2D eigenvalue weighted by molar-refractivity contribution is -0.121. The molecule has 2 aromatic carbocycles. The number of hydrogen-bond acceptors (Lipinski definition) is 2. The molecule has 0 saturated carbocycles. The van der Waals surface area contributed by atoms with Crippen molar-refractivity contribution in [1.29, 1.82) is 0 Å². The van der Waals surface area contributed by atoms with Gasteiger partial charge in [0.15, 0.2) is 0 Å². The van der Waals surface area contributed by atoms with Crippen molar-refractivity contribution < 1.29 is 13.9 Å². The monoisotopic (exact) mass is 319 g/mol. The molecule has 0 saturated heterocycles. The summed E-state index contributed by atoms with van der Waals surface area (Å²) < 4.78 is 18.9. The number of rotatable bonds is 3. The molecule has 0 aliphatic carbocycles. The van der Waals surface area contributed by atoms with E-state index in [0.717, 1.165) is 5.56 Å². The van der Waals surface area contributed by atoms with E-state index in [0.29, 0.717) is 29.4 Å². The van der Waals surface area contributed by atoms with Crippen LogP contribution < -0.4 is 10.1 Å². The average Bonchev–Trinajstić information content (AvgIpc) is 2.50. The van der Waals surface area contributed by atoms with Gasteiger partial charge in [0.2, 0.25) is 5.91 Å². The van der Waals surface area contributed by atoms with Crippen LogP contribution in [-0.4, -0.2) is 12.5 Å². The molecule has 2 aromatic rings. The summed E-state index contributed by atoms with van der Waals surface area (Å²) in [6.07, 6.45) is 0.812. The summed E-state index contributed by atoms with van der Waals surface area (Å²) in [5.74, 6) is 0.139. The third-order valence-corrected chi connectivity index (χ3v) is 4.02. The molecule has 0 aromatic heterocycles. The van der Waals surface area contributed by atoms with Crippen molar-refractivity contribution in [3.63, 3.8) is 0 Å². The van der Waals surface area contributed by atoms with Crippen LogP contribution in [0.1, 0.15) is 23.6 Å². The Morgan fingerprint density at radius 1 is 1.32 bits per heavy atom. The molecule has 1 amide bonds. The van der Waals surface area contributed by atoms with Crippen LogP contribution in [0, 0.1) is 5.82 Å². The fourth-order valence-electron chi connectivity index (χ4n) is 2.58. The summed E-state index contributed by atoms with van der Waals surface area (Å²) in [6, 6.07) is 11.4. The molecule has 1 atom stereocenters. The smallest absolute Gasteiger partial charge is 0.224 e. The standard InChI is InChI=1S/C17H15ClFNO2/c18-14-4-2-1-3-11(14)9-17(21)20-15-7-8-22-16-6-5-12(19)10-13(15)16/h1-6,10,15H,7-9H2,(H,20,21). The van der Waals surface area contributed by atoms with Gasteiger partial charge in [0.25, 0.3) is 0 Å². The van der Waals surface area contributed by atoms with Gasteiger partial charge in [-0.1, -0.05) is 29.8 Å². The lowest BCUT2D eigenvalue weighted by Crippen LogP contribution is -2.33. The van der Waals surface area contributed by atoms with E-state index < -0.39 is 0 Å². The van der Waals surface area contributed by atoms with E-state index in [-0.39, 0.29) is 24.2 Å². The molecule has 1 heterocycles. The first-order valence-corrected chi connectivity index (χ1v) is 7.46. The summed E-state index contributed by atoms with van der Waals surface area (Å²) in [4.78, 5) is 12.2. The Labute approximate surface area is 133 Å². The van der Waals surface area contributed by atoms with Crippen LogP contribution in [0.5, 0.6) is 5.75 Å². The Morgan fingerprint density at radius 2 is 2.14 bits per heavy atom. The van der Waals surface area contributed by atoms with Crippen molar-refractivity contribution in [2.24, 2.45) is 0 Å². The zero-order chi connectivity index (χ0) is 15.5. The Hall–Kier alpha value is -2.07. The summed E-state index contributed by atoms with van der Waals surface area (Å²) >= 11 is 6.06. The van der Waals surface area contributed by atoms with Gasteiger partial charge in [0.1, 0.15) is 11.6 Å². The second kappa shape index (κ2) is 6.36. The number of carbonyl (C=O) groups is 1. The largest absolute Gasteiger partial charge is 0.493 e. The molecule has 114 valence electrons. The molecule has 22 heavy (non-hydrogen) atoms. The Morgan fingerprint density at radius 3 is 2.95 bits per heavy atom. The van der Waals surface area contributed by atoms with E-state index in [1.165, 1.54) is 12.1 Å².